The molecule has 3 aromatic carbocycles. The van der Waals surface area contributed by atoms with Gasteiger partial charge in [-0.1, -0.05) is 36.4 Å². The molecule has 0 spiro atoms. The number of hydrogen-bond donors (Lipinski definition) is 3. The largest absolute Gasteiger partial charge is 0.392 e. The highest BCUT2D eigenvalue weighted by molar-refractivity contribution is 7.89. The van der Waals surface area contributed by atoms with Crippen molar-refractivity contribution in [2.45, 2.75) is 30.4 Å². The maximum atomic E-state index is 13.3. The van der Waals surface area contributed by atoms with E-state index in [4.69, 9.17) is 5.73 Å². The van der Waals surface area contributed by atoms with Crippen molar-refractivity contribution >= 4 is 21.7 Å². The lowest BCUT2D eigenvalue weighted by Crippen LogP contribution is -2.40. The second-order valence-electron chi connectivity index (χ2n) is 9.59. The molecule has 1 aliphatic rings. The summed E-state index contributed by atoms with van der Waals surface area (Å²) in [6, 6.07) is 21.7. The summed E-state index contributed by atoms with van der Waals surface area (Å²) < 4.78 is 41.3. The first-order chi connectivity index (χ1) is 18.8. The quantitative estimate of drug-likeness (QED) is 0.294. The van der Waals surface area contributed by atoms with E-state index in [9.17, 15) is 17.9 Å². The van der Waals surface area contributed by atoms with Crippen LogP contribution in [0.3, 0.4) is 0 Å². The molecule has 1 saturated heterocycles. The number of sulfonamides is 1. The molecule has 0 aliphatic carbocycles. The van der Waals surface area contributed by atoms with Crippen LogP contribution in [0.1, 0.15) is 30.0 Å². The first kappa shape index (κ1) is 26.9. The van der Waals surface area contributed by atoms with Gasteiger partial charge in [0.25, 0.3) is 0 Å². The van der Waals surface area contributed by atoms with Crippen molar-refractivity contribution in [3.63, 3.8) is 0 Å². The normalized spacial score (nSPS) is 15.7. The fourth-order valence-electron chi connectivity index (χ4n) is 4.78. The number of nitrogens with one attached hydrogen (secondary N) is 1. The van der Waals surface area contributed by atoms with Gasteiger partial charge in [-0.3, -0.25) is 0 Å². The molecule has 10 heteroatoms. The van der Waals surface area contributed by atoms with E-state index in [0.717, 1.165) is 22.4 Å². The summed E-state index contributed by atoms with van der Waals surface area (Å²) in [5, 5.41) is 12.4. The van der Waals surface area contributed by atoms with Gasteiger partial charge < -0.3 is 16.2 Å². The number of nitrogens with two attached hydrogens (primary N) is 1. The van der Waals surface area contributed by atoms with Crippen LogP contribution in [0.15, 0.2) is 90.0 Å². The SMILES string of the molecule is N[C@H](c1ccc(F)cc1)C1CCN(S(=O)(=O)c2ccc(Nc3nccc(-c4ccc(CO)cc4)n3)cc2)CC1. The minimum absolute atomic E-state index is 0.0213. The predicted molar refractivity (Wildman–Crippen MR) is 148 cm³/mol. The molecule has 0 saturated carbocycles. The summed E-state index contributed by atoms with van der Waals surface area (Å²) in [7, 11) is -3.65. The van der Waals surface area contributed by atoms with Gasteiger partial charge in [0.15, 0.2) is 0 Å². The molecular formula is C29H30FN5O3S. The Bertz CT molecular complexity index is 1510. The summed E-state index contributed by atoms with van der Waals surface area (Å²) in [5.74, 6) is 0.199. The molecule has 202 valence electrons. The second kappa shape index (κ2) is 11.6. The third-order valence-electron chi connectivity index (χ3n) is 7.10. The first-order valence-corrected chi connectivity index (χ1v) is 14.2. The highest BCUT2D eigenvalue weighted by atomic mass is 32.2. The van der Waals surface area contributed by atoms with Gasteiger partial charge in [0, 0.05) is 36.6 Å². The van der Waals surface area contributed by atoms with Crippen molar-refractivity contribution in [1.82, 2.24) is 14.3 Å². The molecule has 1 fully saturated rings. The molecule has 1 atom stereocenters. The number of aliphatic hydroxyl groups excluding tert-OH is 1. The van der Waals surface area contributed by atoms with Gasteiger partial charge in [-0.05, 0) is 72.4 Å². The molecule has 0 radical (unpaired) electrons. The van der Waals surface area contributed by atoms with Crippen molar-refractivity contribution in [1.29, 1.82) is 0 Å². The van der Waals surface area contributed by atoms with Crippen molar-refractivity contribution in [3.05, 3.63) is 102 Å². The van der Waals surface area contributed by atoms with Gasteiger partial charge >= 0.3 is 0 Å². The minimum atomic E-state index is -3.65. The van der Waals surface area contributed by atoms with Crippen LogP contribution in [0.25, 0.3) is 11.3 Å². The van der Waals surface area contributed by atoms with Crippen LogP contribution < -0.4 is 11.1 Å². The van der Waals surface area contributed by atoms with E-state index in [-0.39, 0.29) is 29.3 Å². The molecular weight excluding hydrogens is 517 g/mol. The summed E-state index contributed by atoms with van der Waals surface area (Å²) in [6.07, 6.45) is 2.91. The molecule has 8 nitrogen and oxygen atoms in total. The minimum Gasteiger partial charge on any atom is -0.392 e. The van der Waals surface area contributed by atoms with Crippen LogP contribution in [0.4, 0.5) is 16.0 Å². The van der Waals surface area contributed by atoms with Crippen molar-refractivity contribution in [3.8, 4) is 11.3 Å². The van der Waals surface area contributed by atoms with E-state index in [2.05, 4.69) is 15.3 Å². The number of aliphatic hydroxyl groups is 1. The van der Waals surface area contributed by atoms with Gasteiger partial charge in [-0.2, -0.15) is 4.31 Å². The molecule has 1 aliphatic heterocycles. The number of piperidine rings is 1. The summed E-state index contributed by atoms with van der Waals surface area (Å²) in [4.78, 5) is 9.03. The fraction of sp³-hybridized carbons (Fsp3) is 0.241. The molecule has 39 heavy (non-hydrogen) atoms. The van der Waals surface area contributed by atoms with Crippen LogP contribution >= 0.6 is 0 Å². The number of hydrogen-bond acceptors (Lipinski definition) is 7. The highest BCUT2D eigenvalue weighted by Gasteiger charge is 2.32. The van der Waals surface area contributed by atoms with Crippen LogP contribution in [0.5, 0.6) is 0 Å². The Labute approximate surface area is 227 Å². The van der Waals surface area contributed by atoms with E-state index in [0.29, 0.717) is 37.6 Å². The van der Waals surface area contributed by atoms with E-state index >= 15 is 0 Å². The zero-order valence-electron chi connectivity index (χ0n) is 21.2. The lowest BCUT2D eigenvalue weighted by Gasteiger charge is -2.34. The van der Waals surface area contributed by atoms with Gasteiger partial charge in [0.05, 0.1) is 17.2 Å². The molecule has 2 heterocycles. The van der Waals surface area contributed by atoms with E-state index in [1.807, 2.05) is 24.3 Å². The van der Waals surface area contributed by atoms with Crippen molar-refractivity contribution < 1.29 is 17.9 Å². The summed E-state index contributed by atoms with van der Waals surface area (Å²) in [6.45, 7) is 0.732. The van der Waals surface area contributed by atoms with Gasteiger partial charge in [0.2, 0.25) is 16.0 Å². The zero-order valence-corrected chi connectivity index (χ0v) is 22.1. The molecule has 0 unspecified atom stereocenters. The Balaban J connectivity index is 1.21. The van der Waals surface area contributed by atoms with Crippen molar-refractivity contribution in [2.24, 2.45) is 11.7 Å². The molecule has 0 amide bonds. The molecule has 4 aromatic rings. The average Bonchev–Trinajstić information content (AvgIpc) is 2.98. The lowest BCUT2D eigenvalue weighted by atomic mass is 9.86. The van der Waals surface area contributed by atoms with E-state index < -0.39 is 10.0 Å². The Kier molecular flexibility index (Phi) is 7.99. The highest BCUT2D eigenvalue weighted by Crippen LogP contribution is 2.32. The second-order valence-corrected chi connectivity index (χ2v) is 11.5. The Morgan fingerprint density at radius 3 is 2.28 bits per heavy atom. The smallest absolute Gasteiger partial charge is 0.243 e. The Hall–Kier alpha value is -3.70. The Morgan fingerprint density at radius 1 is 0.974 bits per heavy atom. The Morgan fingerprint density at radius 2 is 1.64 bits per heavy atom. The monoisotopic (exact) mass is 547 g/mol. The average molecular weight is 548 g/mol. The number of anilines is 2. The third kappa shape index (κ3) is 6.15. The van der Waals surface area contributed by atoms with E-state index in [1.54, 1.807) is 48.7 Å². The lowest BCUT2D eigenvalue weighted by molar-refractivity contribution is 0.245. The number of rotatable bonds is 8. The van der Waals surface area contributed by atoms with Gasteiger partial charge in [0.1, 0.15) is 5.82 Å². The number of aromatic nitrogens is 2. The predicted octanol–water partition coefficient (Wildman–Crippen LogP) is 4.62. The molecule has 5 rings (SSSR count). The molecule has 1 aromatic heterocycles. The standard InChI is InChI=1S/C29H30FN5O3S/c30-24-7-5-22(6-8-24)28(31)23-14-17-35(18-15-23)39(37,38)26-11-9-25(10-12-26)33-29-32-16-13-27(34-29)21-3-1-20(19-36)2-4-21/h1-13,16,23,28,36H,14-15,17-19,31H2,(H,32,33,34)/t28-/m1/s1. The van der Waals surface area contributed by atoms with Crippen LogP contribution in [0.2, 0.25) is 0 Å². The number of benzene rings is 3. The van der Waals surface area contributed by atoms with Crippen LogP contribution in [-0.4, -0.2) is 40.9 Å². The maximum Gasteiger partial charge on any atom is 0.243 e. The fourth-order valence-corrected chi connectivity index (χ4v) is 6.25. The van der Waals surface area contributed by atoms with Gasteiger partial charge in [-0.25, -0.2) is 22.8 Å². The zero-order chi connectivity index (χ0) is 27.4. The number of halogens is 1. The van der Waals surface area contributed by atoms with Crippen LogP contribution in [-0.2, 0) is 16.6 Å². The molecule has 0 bridgehead atoms. The van der Waals surface area contributed by atoms with Crippen LogP contribution in [0, 0.1) is 11.7 Å². The van der Waals surface area contributed by atoms with Crippen molar-refractivity contribution in [2.75, 3.05) is 18.4 Å². The van der Waals surface area contributed by atoms with E-state index in [1.165, 1.54) is 16.4 Å². The summed E-state index contributed by atoms with van der Waals surface area (Å²) in [5.41, 5.74) is 10.3. The third-order valence-corrected chi connectivity index (χ3v) is 9.01. The first-order valence-electron chi connectivity index (χ1n) is 12.7. The van der Waals surface area contributed by atoms with Gasteiger partial charge in [-0.15, -0.1) is 0 Å². The topological polar surface area (TPSA) is 121 Å². The number of nitrogens with zero attached hydrogens (tertiary/aromatic N) is 3. The summed E-state index contributed by atoms with van der Waals surface area (Å²) >= 11 is 0. The molecule has 4 N–H and O–H groups in total. The maximum absolute atomic E-state index is 13.3.